The van der Waals surface area contributed by atoms with Gasteiger partial charge in [0.25, 0.3) is 0 Å². The van der Waals surface area contributed by atoms with Crippen LogP contribution < -0.4 is 5.32 Å². The Hall–Kier alpha value is -5.66. The van der Waals surface area contributed by atoms with Crippen LogP contribution in [0.15, 0.2) is 170 Å². The Morgan fingerprint density at radius 2 is 0.963 bits per heavy atom. The predicted octanol–water partition coefficient (Wildman–Crippen LogP) is 13.2. The van der Waals surface area contributed by atoms with Crippen molar-refractivity contribution in [2.24, 2.45) is 23.7 Å². The topological polar surface area (TPSA) is 12.0 Å². The maximum absolute atomic E-state index is 3.98. The highest BCUT2D eigenvalue weighted by Gasteiger charge is 2.61. The van der Waals surface area contributed by atoms with Crippen molar-refractivity contribution in [3.63, 3.8) is 0 Å². The van der Waals surface area contributed by atoms with Crippen LogP contribution in [0.2, 0.25) is 0 Å². The normalized spacial score (nSPS) is 26.3. The minimum absolute atomic E-state index is 0.157. The number of rotatable bonds is 5. The summed E-state index contributed by atoms with van der Waals surface area (Å²) in [5.74, 6) is 3.38. The summed E-state index contributed by atoms with van der Waals surface area (Å²) < 4.78 is 0. The molecule has 1 nitrogen and oxygen atoms in total. The number of nitrogens with one attached hydrogen (secondary N) is 1. The van der Waals surface area contributed by atoms with Crippen molar-refractivity contribution in [2.45, 2.75) is 42.9 Å². The van der Waals surface area contributed by atoms with Crippen LogP contribution in [0.1, 0.15) is 65.5 Å². The molecule has 1 atom stereocenters. The van der Waals surface area contributed by atoms with Crippen LogP contribution in [0.3, 0.4) is 0 Å². The first-order valence-corrected chi connectivity index (χ1v) is 20.2. The lowest BCUT2D eigenvalue weighted by molar-refractivity contribution is -0.0399. The number of benzene rings is 7. The SMILES string of the molecule is c1ccc(-c2cccc3c2-c2ccccc2C3(c2ccccc2)c2cccc(Nc3ccc4c(c3)C3(c5ccccc5-4)C4CC5CC(C4)CC3C5)c2)cc1. The molecule has 6 aliphatic carbocycles. The molecule has 0 radical (unpaired) electrons. The maximum Gasteiger partial charge on any atom is 0.0714 e. The summed E-state index contributed by atoms with van der Waals surface area (Å²) in [6, 6.07) is 64.1. The molecule has 6 aliphatic rings. The van der Waals surface area contributed by atoms with Gasteiger partial charge in [0.05, 0.1) is 5.41 Å². The molecule has 4 fully saturated rings. The quantitative estimate of drug-likeness (QED) is 0.189. The van der Waals surface area contributed by atoms with E-state index in [-0.39, 0.29) is 5.41 Å². The number of hydrogen-bond acceptors (Lipinski definition) is 1. The molecule has 7 aromatic carbocycles. The van der Waals surface area contributed by atoms with Crippen molar-refractivity contribution in [1.82, 2.24) is 0 Å². The average molecular weight is 694 g/mol. The third-order valence-electron chi connectivity index (χ3n) is 14.5. The Morgan fingerprint density at radius 3 is 1.74 bits per heavy atom. The molecule has 54 heavy (non-hydrogen) atoms. The van der Waals surface area contributed by atoms with E-state index < -0.39 is 5.41 Å². The monoisotopic (exact) mass is 693 g/mol. The van der Waals surface area contributed by atoms with E-state index in [1.54, 1.807) is 11.1 Å². The van der Waals surface area contributed by atoms with Gasteiger partial charge in [-0.05, 0) is 147 Å². The smallest absolute Gasteiger partial charge is 0.0714 e. The fourth-order valence-electron chi connectivity index (χ4n) is 12.9. The minimum Gasteiger partial charge on any atom is -0.356 e. The largest absolute Gasteiger partial charge is 0.356 e. The molecular formula is C53H43N. The summed E-state index contributed by atoms with van der Waals surface area (Å²) in [6.07, 6.45) is 7.07. The minimum atomic E-state index is -0.473. The summed E-state index contributed by atoms with van der Waals surface area (Å²) in [5.41, 5.74) is 18.6. The van der Waals surface area contributed by atoms with Crippen LogP contribution in [-0.4, -0.2) is 0 Å². The van der Waals surface area contributed by atoms with Crippen LogP contribution in [0.4, 0.5) is 11.4 Å². The summed E-state index contributed by atoms with van der Waals surface area (Å²) in [5, 5.41) is 3.98. The number of fused-ring (bicyclic) bond motifs is 6. The lowest BCUT2D eigenvalue weighted by Gasteiger charge is -2.61. The van der Waals surface area contributed by atoms with Crippen molar-refractivity contribution >= 4 is 11.4 Å². The molecule has 0 aromatic heterocycles. The Kier molecular flexibility index (Phi) is 6.51. The van der Waals surface area contributed by atoms with Gasteiger partial charge in [-0.1, -0.05) is 146 Å². The van der Waals surface area contributed by atoms with E-state index in [0.29, 0.717) is 0 Å². The van der Waals surface area contributed by atoms with Gasteiger partial charge in [0, 0.05) is 16.8 Å². The molecule has 1 unspecified atom stereocenters. The van der Waals surface area contributed by atoms with Gasteiger partial charge < -0.3 is 5.32 Å². The van der Waals surface area contributed by atoms with Gasteiger partial charge in [-0.25, -0.2) is 0 Å². The molecule has 0 heterocycles. The molecule has 4 bridgehead atoms. The van der Waals surface area contributed by atoms with E-state index in [4.69, 9.17) is 0 Å². The third-order valence-corrected chi connectivity index (χ3v) is 14.5. The maximum atomic E-state index is 3.98. The van der Waals surface area contributed by atoms with Gasteiger partial charge in [0.1, 0.15) is 0 Å². The zero-order valence-electron chi connectivity index (χ0n) is 30.5. The molecule has 260 valence electrons. The zero-order valence-corrected chi connectivity index (χ0v) is 30.5. The standard InChI is InChI=1S/C53H43N/c1-3-13-36(14-4-1)43-21-12-24-49-51(43)46-20-8-10-23-48(46)52(49,37-15-5-2-6-16-37)38-17-11-18-41(32-38)54-42-25-26-45-44-19-7-9-22-47(44)53(50(45)33-42)39-28-34-27-35(30-39)31-40(53)29-34/h1-26,32-35,39-40,54H,27-31H2. The molecule has 0 aliphatic heterocycles. The van der Waals surface area contributed by atoms with Crippen LogP contribution in [-0.2, 0) is 10.8 Å². The highest BCUT2D eigenvalue weighted by Crippen LogP contribution is 2.69. The van der Waals surface area contributed by atoms with Crippen LogP contribution >= 0.6 is 0 Å². The summed E-state index contributed by atoms with van der Waals surface area (Å²) in [7, 11) is 0. The predicted molar refractivity (Wildman–Crippen MR) is 222 cm³/mol. The lowest BCUT2D eigenvalue weighted by Crippen LogP contribution is -2.55. The zero-order chi connectivity index (χ0) is 35.4. The Balaban J connectivity index is 1.01. The van der Waals surface area contributed by atoms with Crippen molar-refractivity contribution in [1.29, 1.82) is 0 Å². The molecule has 13 rings (SSSR count). The van der Waals surface area contributed by atoms with E-state index in [0.717, 1.165) is 29.4 Å². The van der Waals surface area contributed by atoms with Gasteiger partial charge in [0.15, 0.2) is 0 Å². The first kappa shape index (κ1) is 30.8. The molecule has 4 saturated carbocycles. The molecular weight excluding hydrogens is 651 g/mol. The first-order chi connectivity index (χ1) is 26.7. The fourth-order valence-corrected chi connectivity index (χ4v) is 12.9. The van der Waals surface area contributed by atoms with E-state index >= 15 is 0 Å². The van der Waals surface area contributed by atoms with E-state index in [1.807, 2.05) is 0 Å². The fraction of sp³-hybridized carbons (Fsp3) is 0.208. The summed E-state index contributed by atoms with van der Waals surface area (Å²) in [4.78, 5) is 0. The molecule has 1 spiro atoms. The second-order valence-corrected chi connectivity index (χ2v) is 16.9. The second-order valence-electron chi connectivity index (χ2n) is 16.9. The first-order valence-electron chi connectivity index (χ1n) is 20.2. The molecule has 0 amide bonds. The highest BCUT2D eigenvalue weighted by molar-refractivity contribution is 5.95. The molecule has 1 N–H and O–H groups in total. The molecule has 0 saturated heterocycles. The van der Waals surface area contributed by atoms with Crippen molar-refractivity contribution in [2.75, 3.05) is 5.32 Å². The van der Waals surface area contributed by atoms with Crippen molar-refractivity contribution in [3.05, 3.63) is 203 Å². The van der Waals surface area contributed by atoms with Crippen LogP contribution in [0.5, 0.6) is 0 Å². The van der Waals surface area contributed by atoms with Gasteiger partial charge >= 0.3 is 0 Å². The summed E-state index contributed by atoms with van der Waals surface area (Å²) in [6.45, 7) is 0. The highest BCUT2D eigenvalue weighted by atomic mass is 14.9. The van der Waals surface area contributed by atoms with Gasteiger partial charge in [-0.2, -0.15) is 0 Å². The van der Waals surface area contributed by atoms with Crippen LogP contribution in [0.25, 0.3) is 33.4 Å². The Morgan fingerprint density at radius 1 is 0.389 bits per heavy atom. The molecule has 1 heteroatoms. The van der Waals surface area contributed by atoms with E-state index in [9.17, 15) is 0 Å². The van der Waals surface area contributed by atoms with Gasteiger partial charge in [-0.15, -0.1) is 0 Å². The van der Waals surface area contributed by atoms with Crippen LogP contribution in [0, 0.1) is 23.7 Å². The average Bonchev–Trinajstić information content (AvgIpc) is 3.69. The molecule has 7 aromatic rings. The van der Waals surface area contributed by atoms with Crippen molar-refractivity contribution in [3.8, 4) is 33.4 Å². The van der Waals surface area contributed by atoms with E-state index in [2.05, 4.69) is 175 Å². The number of anilines is 2. The summed E-state index contributed by atoms with van der Waals surface area (Å²) >= 11 is 0. The number of hydrogen-bond donors (Lipinski definition) is 1. The second kappa shape index (κ2) is 11.4. The third kappa shape index (κ3) is 4.05. The Bertz CT molecular complexity index is 2570. The Labute approximate surface area is 318 Å². The van der Waals surface area contributed by atoms with Crippen molar-refractivity contribution < 1.29 is 0 Å². The van der Waals surface area contributed by atoms with Gasteiger partial charge in [0.2, 0.25) is 0 Å². The lowest BCUT2D eigenvalue weighted by atomic mass is 9.43. The van der Waals surface area contributed by atoms with E-state index in [1.165, 1.54) is 93.4 Å². The van der Waals surface area contributed by atoms with Gasteiger partial charge in [-0.3, -0.25) is 0 Å².